The molecular formula is C24H26N6OS2. The van der Waals surface area contributed by atoms with Gasteiger partial charge in [0.25, 0.3) is 0 Å². The summed E-state index contributed by atoms with van der Waals surface area (Å²) in [5.41, 5.74) is 3.79. The first-order valence-corrected chi connectivity index (χ1v) is 12.3. The first-order chi connectivity index (χ1) is 15.8. The van der Waals surface area contributed by atoms with Crippen molar-refractivity contribution in [1.82, 2.24) is 20.0 Å². The fourth-order valence-electron chi connectivity index (χ4n) is 3.06. The standard InChI is InChI=1S/C24H26N6OS2/c1-16-10-8-9-13-18(16)25-22-27-28-23(33-22)32-15-21(31)26-20-14-19(24(2,3)4)29-30(20)17-11-6-5-7-12-17/h5-14H,15H2,1-4H3,(H,25,27)(H,26,31). The fraction of sp³-hybridized carbons (Fsp3) is 0.250. The third-order valence-electron chi connectivity index (χ3n) is 4.87. The Kier molecular flexibility index (Phi) is 6.80. The second kappa shape index (κ2) is 9.76. The number of aryl methyl sites for hydroxylation is 1. The second-order valence-electron chi connectivity index (χ2n) is 8.56. The maximum atomic E-state index is 12.7. The van der Waals surface area contributed by atoms with Gasteiger partial charge in [-0.05, 0) is 30.7 Å². The lowest BCUT2D eigenvalue weighted by molar-refractivity contribution is -0.113. The molecule has 2 aromatic heterocycles. The van der Waals surface area contributed by atoms with Crippen LogP contribution in [0.25, 0.3) is 5.69 Å². The highest BCUT2D eigenvalue weighted by Crippen LogP contribution is 2.29. The van der Waals surface area contributed by atoms with E-state index in [9.17, 15) is 4.79 Å². The van der Waals surface area contributed by atoms with Gasteiger partial charge < -0.3 is 10.6 Å². The Bertz CT molecular complexity index is 1240. The number of hydrogen-bond donors (Lipinski definition) is 2. The lowest BCUT2D eigenvalue weighted by atomic mass is 9.92. The van der Waals surface area contributed by atoms with Gasteiger partial charge in [-0.15, -0.1) is 10.2 Å². The van der Waals surface area contributed by atoms with Crippen LogP contribution in [0, 0.1) is 6.92 Å². The zero-order valence-corrected chi connectivity index (χ0v) is 20.6. The largest absolute Gasteiger partial charge is 0.330 e. The zero-order chi connectivity index (χ0) is 23.4. The molecule has 0 bridgehead atoms. The molecule has 7 nitrogen and oxygen atoms in total. The van der Waals surface area contributed by atoms with Crippen molar-refractivity contribution >= 4 is 45.6 Å². The van der Waals surface area contributed by atoms with Crippen LogP contribution in [0.3, 0.4) is 0 Å². The summed E-state index contributed by atoms with van der Waals surface area (Å²) in [6.45, 7) is 8.34. The summed E-state index contributed by atoms with van der Waals surface area (Å²) in [4.78, 5) is 12.7. The number of amides is 1. The summed E-state index contributed by atoms with van der Waals surface area (Å²) in [6.07, 6.45) is 0. The van der Waals surface area contributed by atoms with Crippen LogP contribution >= 0.6 is 23.1 Å². The minimum Gasteiger partial charge on any atom is -0.330 e. The number of thioether (sulfide) groups is 1. The average molecular weight is 479 g/mol. The first-order valence-electron chi connectivity index (χ1n) is 10.5. The summed E-state index contributed by atoms with van der Waals surface area (Å²) in [7, 11) is 0. The van der Waals surface area contributed by atoms with Crippen molar-refractivity contribution in [2.24, 2.45) is 0 Å². The van der Waals surface area contributed by atoms with Crippen LogP contribution in [0.15, 0.2) is 65.0 Å². The Morgan fingerprint density at radius 1 is 1.06 bits per heavy atom. The normalized spacial score (nSPS) is 11.4. The van der Waals surface area contributed by atoms with Crippen LogP contribution in [0.2, 0.25) is 0 Å². The van der Waals surface area contributed by atoms with Crippen molar-refractivity contribution in [2.75, 3.05) is 16.4 Å². The lowest BCUT2D eigenvalue weighted by Gasteiger charge is -2.14. The number of aromatic nitrogens is 4. The maximum absolute atomic E-state index is 12.7. The Hall–Kier alpha value is -3.17. The predicted molar refractivity (Wildman–Crippen MR) is 136 cm³/mol. The van der Waals surface area contributed by atoms with Crippen LogP contribution in [0.5, 0.6) is 0 Å². The van der Waals surface area contributed by atoms with Crippen molar-refractivity contribution in [3.63, 3.8) is 0 Å². The molecule has 0 saturated heterocycles. The van der Waals surface area contributed by atoms with Crippen molar-refractivity contribution in [3.8, 4) is 5.69 Å². The first kappa shape index (κ1) is 23.0. The van der Waals surface area contributed by atoms with E-state index in [0.29, 0.717) is 10.9 Å². The van der Waals surface area contributed by atoms with E-state index < -0.39 is 0 Å². The number of para-hydroxylation sites is 2. The molecule has 4 aromatic rings. The fourth-order valence-corrected chi connectivity index (χ4v) is 4.62. The summed E-state index contributed by atoms with van der Waals surface area (Å²) in [6, 6.07) is 19.7. The Morgan fingerprint density at radius 3 is 2.52 bits per heavy atom. The molecule has 0 aliphatic carbocycles. The number of nitrogens with zero attached hydrogens (tertiary/aromatic N) is 4. The summed E-state index contributed by atoms with van der Waals surface area (Å²) < 4.78 is 2.51. The number of hydrogen-bond acceptors (Lipinski definition) is 7. The maximum Gasteiger partial charge on any atom is 0.235 e. The van der Waals surface area contributed by atoms with Gasteiger partial charge in [-0.3, -0.25) is 4.79 Å². The predicted octanol–water partition coefficient (Wildman–Crippen LogP) is 5.80. The molecule has 2 aromatic carbocycles. The average Bonchev–Trinajstić information content (AvgIpc) is 3.41. The molecule has 0 aliphatic heterocycles. The number of rotatable bonds is 7. The number of benzene rings is 2. The quantitative estimate of drug-likeness (QED) is 0.326. The molecule has 2 N–H and O–H groups in total. The Morgan fingerprint density at radius 2 is 1.79 bits per heavy atom. The van der Waals surface area contributed by atoms with E-state index in [1.54, 1.807) is 4.68 Å². The molecule has 1 amide bonds. The van der Waals surface area contributed by atoms with Crippen LogP contribution in [-0.2, 0) is 10.2 Å². The Labute approximate surface area is 201 Å². The third-order valence-corrected chi connectivity index (χ3v) is 6.84. The van der Waals surface area contributed by atoms with Crippen molar-refractivity contribution < 1.29 is 4.79 Å². The van der Waals surface area contributed by atoms with E-state index in [-0.39, 0.29) is 17.1 Å². The van der Waals surface area contributed by atoms with Gasteiger partial charge in [0.15, 0.2) is 4.34 Å². The molecular weight excluding hydrogens is 452 g/mol. The van der Waals surface area contributed by atoms with Gasteiger partial charge >= 0.3 is 0 Å². The van der Waals surface area contributed by atoms with E-state index in [1.807, 2.05) is 67.6 Å². The zero-order valence-electron chi connectivity index (χ0n) is 19.0. The van der Waals surface area contributed by atoms with Crippen molar-refractivity contribution in [3.05, 3.63) is 71.9 Å². The number of carbonyl (C=O) groups excluding carboxylic acids is 1. The number of carbonyl (C=O) groups is 1. The van der Waals surface area contributed by atoms with E-state index in [4.69, 9.17) is 5.10 Å². The number of anilines is 3. The topological polar surface area (TPSA) is 84.7 Å². The highest BCUT2D eigenvalue weighted by molar-refractivity contribution is 8.01. The summed E-state index contributed by atoms with van der Waals surface area (Å²) in [5.74, 6) is 0.751. The molecule has 0 radical (unpaired) electrons. The lowest BCUT2D eigenvalue weighted by Crippen LogP contribution is -2.16. The molecule has 9 heteroatoms. The van der Waals surface area contributed by atoms with E-state index in [0.717, 1.165) is 27.0 Å². The molecule has 0 atom stereocenters. The Balaban J connectivity index is 1.42. The van der Waals surface area contributed by atoms with Crippen LogP contribution in [0.1, 0.15) is 32.0 Å². The second-order valence-corrected chi connectivity index (χ2v) is 10.8. The van der Waals surface area contributed by atoms with Gasteiger partial charge in [0.05, 0.1) is 17.1 Å². The van der Waals surface area contributed by atoms with Gasteiger partial charge in [-0.25, -0.2) is 4.68 Å². The van der Waals surface area contributed by atoms with Crippen LogP contribution < -0.4 is 10.6 Å². The third kappa shape index (κ3) is 5.80. The van der Waals surface area contributed by atoms with Gasteiger partial charge in [0.2, 0.25) is 11.0 Å². The summed E-state index contributed by atoms with van der Waals surface area (Å²) in [5, 5.41) is 20.1. The highest BCUT2D eigenvalue weighted by atomic mass is 32.2. The molecule has 170 valence electrons. The molecule has 0 unspecified atom stereocenters. The number of nitrogens with one attached hydrogen (secondary N) is 2. The van der Waals surface area contributed by atoms with Gasteiger partial charge in [0.1, 0.15) is 5.82 Å². The van der Waals surface area contributed by atoms with Gasteiger partial charge in [-0.1, -0.05) is 80.3 Å². The molecule has 33 heavy (non-hydrogen) atoms. The minimum absolute atomic E-state index is 0.124. The van der Waals surface area contributed by atoms with E-state index in [1.165, 1.54) is 23.1 Å². The summed E-state index contributed by atoms with van der Waals surface area (Å²) >= 11 is 2.78. The highest BCUT2D eigenvalue weighted by Gasteiger charge is 2.21. The van der Waals surface area contributed by atoms with E-state index in [2.05, 4.69) is 41.6 Å². The van der Waals surface area contributed by atoms with Crippen molar-refractivity contribution in [1.29, 1.82) is 0 Å². The molecule has 0 saturated carbocycles. The smallest absolute Gasteiger partial charge is 0.235 e. The molecule has 0 fully saturated rings. The molecule has 0 aliphatic rings. The van der Waals surface area contributed by atoms with Gasteiger partial charge in [0, 0.05) is 17.2 Å². The minimum atomic E-state index is -0.138. The molecule has 0 spiro atoms. The van der Waals surface area contributed by atoms with Crippen LogP contribution in [0.4, 0.5) is 16.6 Å². The molecule has 2 heterocycles. The van der Waals surface area contributed by atoms with Crippen molar-refractivity contribution in [2.45, 2.75) is 37.4 Å². The SMILES string of the molecule is Cc1ccccc1Nc1nnc(SCC(=O)Nc2cc(C(C)(C)C)nn2-c2ccccc2)s1. The monoisotopic (exact) mass is 478 g/mol. The van der Waals surface area contributed by atoms with Gasteiger partial charge in [-0.2, -0.15) is 5.10 Å². The van der Waals surface area contributed by atoms with E-state index >= 15 is 0 Å². The molecule has 4 rings (SSSR count). The van der Waals surface area contributed by atoms with Crippen LogP contribution in [-0.4, -0.2) is 31.6 Å².